The molecule has 5 heteroatoms. The average molecular weight is 296 g/mol. The zero-order chi connectivity index (χ0) is 14.8. The predicted molar refractivity (Wildman–Crippen MR) is 81.1 cm³/mol. The van der Waals surface area contributed by atoms with E-state index in [1.54, 1.807) is 12.1 Å². The second-order valence-corrected chi connectivity index (χ2v) is 7.41. The lowest BCUT2D eigenvalue weighted by molar-refractivity contribution is 0.522. The normalized spacial score (nSPS) is 24.8. The van der Waals surface area contributed by atoms with Crippen molar-refractivity contribution in [3.05, 3.63) is 29.8 Å². The van der Waals surface area contributed by atoms with Gasteiger partial charge in [0.05, 0.1) is 4.90 Å². The van der Waals surface area contributed by atoms with Crippen molar-refractivity contribution in [3.8, 4) is 0 Å². The van der Waals surface area contributed by atoms with Crippen molar-refractivity contribution >= 4 is 10.0 Å². The van der Waals surface area contributed by atoms with Gasteiger partial charge in [-0.05, 0) is 42.9 Å². The summed E-state index contributed by atoms with van der Waals surface area (Å²) in [6, 6.07) is 6.97. The van der Waals surface area contributed by atoms with Crippen LogP contribution >= 0.6 is 0 Å². The van der Waals surface area contributed by atoms with E-state index in [4.69, 9.17) is 5.73 Å². The van der Waals surface area contributed by atoms with Gasteiger partial charge < -0.3 is 5.73 Å². The Labute approximate surface area is 121 Å². The zero-order valence-corrected chi connectivity index (χ0v) is 13.0. The molecule has 1 saturated carbocycles. The number of hydrogen-bond acceptors (Lipinski definition) is 3. The van der Waals surface area contributed by atoms with Crippen LogP contribution in [0.4, 0.5) is 0 Å². The van der Waals surface area contributed by atoms with Crippen molar-refractivity contribution in [1.82, 2.24) is 4.72 Å². The third-order valence-electron chi connectivity index (χ3n) is 4.25. The van der Waals surface area contributed by atoms with Gasteiger partial charge in [-0.25, -0.2) is 13.1 Å². The van der Waals surface area contributed by atoms with E-state index < -0.39 is 10.0 Å². The van der Waals surface area contributed by atoms with Gasteiger partial charge in [-0.15, -0.1) is 0 Å². The molecular weight excluding hydrogens is 272 g/mol. The van der Waals surface area contributed by atoms with Crippen LogP contribution in [0.5, 0.6) is 0 Å². The lowest BCUT2D eigenvalue weighted by atomic mass is 9.99. The van der Waals surface area contributed by atoms with Crippen molar-refractivity contribution in [2.75, 3.05) is 0 Å². The summed E-state index contributed by atoms with van der Waals surface area (Å²) in [5.41, 5.74) is 7.09. The summed E-state index contributed by atoms with van der Waals surface area (Å²) in [6.45, 7) is 4.26. The van der Waals surface area contributed by atoms with Crippen LogP contribution in [0.25, 0.3) is 0 Å². The van der Waals surface area contributed by atoms with Crippen LogP contribution in [-0.4, -0.2) is 20.5 Å². The van der Waals surface area contributed by atoms with Gasteiger partial charge in [0.15, 0.2) is 0 Å². The molecule has 1 aromatic carbocycles. The fraction of sp³-hybridized carbons (Fsp3) is 0.600. The topological polar surface area (TPSA) is 72.2 Å². The fourth-order valence-corrected chi connectivity index (χ4v) is 3.94. The second kappa shape index (κ2) is 6.24. The molecule has 0 aromatic heterocycles. The summed E-state index contributed by atoms with van der Waals surface area (Å²) in [5, 5.41) is 0. The monoisotopic (exact) mass is 296 g/mol. The quantitative estimate of drug-likeness (QED) is 0.876. The summed E-state index contributed by atoms with van der Waals surface area (Å²) in [4.78, 5) is 0.323. The zero-order valence-electron chi connectivity index (χ0n) is 12.2. The maximum atomic E-state index is 12.3. The minimum Gasteiger partial charge on any atom is -0.326 e. The van der Waals surface area contributed by atoms with E-state index in [1.165, 1.54) is 5.56 Å². The molecule has 4 nitrogen and oxygen atoms in total. The van der Waals surface area contributed by atoms with Crippen LogP contribution in [0.2, 0.25) is 0 Å². The molecule has 0 heterocycles. The third-order valence-corrected chi connectivity index (χ3v) is 5.75. The average Bonchev–Trinajstić information content (AvgIpc) is 2.83. The van der Waals surface area contributed by atoms with Crippen molar-refractivity contribution in [1.29, 1.82) is 0 Å². The number of sulfonamides is 1. The van der Waals surface area contributed by atoms with Gasteiger partial charge in [-0.3, -0.25) is 0 Å². The molecule has 0 radical (unpaired) electrons. The SMILES string of the molecule is CCC(C)c1ccc(S(=O)(=O)NC2CCCC2N)cc1. The fourth-order valence-electron chi connectivity index (χ4n) is 2.61. The summed E-state index contributed by atoms with van der Waals surface area (Å²) in [7, 11) is -3.46. The molecule has 3 unspecified atom stereocenters. The Hall–Kier alpha value is -0.910. The van der Waals surface area contributed by atoms with E-state index >= 15 is 0 Å². The highest BCUT2D eigenvalue weighted by molar-refractivity contribution is 7.89. The lowest BCUT2D eigenvalue weighted by Crippen LogP contribution is -2.43. The molecule has 0 spiro atoms. The van der Waals surface area contributed by atoms with E-state index in [2.05, 4.69) is 18.6 Å². The molecule has 1 aromatic rings. The molecule has 2 rings (SSSR count). The lowest BCUT2D eigenvalue weighted by Gasteiger charge is -2.17. The van der Waals surface area contributed by atoms with Crippen LogP contribution in [0.15, 0.2) is 29.2 Å². The van der Waals surface area contributed by atoms with Crippen LogP contribution in [0, 0.1) is 0 Å². The van der Waals surface area contributed by atoms with Crippen molar-refractivity contribution in [2.45, 2.75) is 62.4 Å². The molecule has 1 fully saturated rings. The predicted octanol–water partition coefficient (Wildman–Crippen LogP) is 2.36. The van der Waals surface area contributed by atoms with Crippen molar-refractivity contribution in [3.63, 3.8) is 0 Å². The molecule has 20 heavy (non-hydrogen) atoms. The summed E-state index contributed by atoms with van der Waals surface area (Å²) in [5.74, 6) is 0.447. The Morgan fingerprint density at radius 2 is 1.95 bits per heavy atom. The molecule has 3 atom stereocenters. The highest BCUT2D eigenvalue weighted by Gasteiger charge is 2.28. The molecule has 0 aliphatic heterocycles. The first-order valence-corrected chi connectivity index (χ1v) is 8.80. The van der Waals surface area contributed by atoms with Crippen LogP contribution in [-0.2, 0) is 10.0 Å². The van der Waals surface area contributed by atoms with Gasteiger partial charge in [-0.2, -0.15) is 0 Å². The maximum absolute atomic E-state index is 12.3. The first-order valence-electron chi connectivity index (χ1n) is 7.32. The van der Waals surface area contributed by atoms with Gasteiger partial charge in [-0.1, -0.05) is 32.4 Å². The number of benzene rings is 1. The third kappa shape index (κ3) is 3.40. The van der Waals surface area contributed by atoms with E-state index in [0.717, 1.165) is 25.7 Å². The van der Waals surface area contributed by atoms with Gasteiger partial charge >= 0.3 is 0 Å². The van der Waals surface area contributed by atoms with Crippen LogP contribution in [0.1, 0.15) is 51.0 Å². The Balaban J connectivity index is 2.13. The van der Waals surface area contributed by atoms with Gasteiger partial charge in [0.2, 0.25) is 10.0 Å². The summed E-state index contributed by atoms with van der Waals surface area (Å²) < 4.78 is 27.4. The molecule has 0 bridgehead atoms. The molecular formula is C15H24N2O2S. The number of nitrogens with two attached hydrogens (primary N) is 1. The smallest absolute Gasteiger partial charge is 0.240 e. The van der Waals surface area contributed by atoms with Crippen LogP contribution < -0.4 is 10.5 Å². The Kier molecular flexibility index (Phi) is 4.83. The van der Waals surface area contributed by atoms with Crippen molar-refractivity contribution < 1.29 is 8.42 Å². The standard InChI is InChI=1S/C15H24N2O2S/c1-3-11(2)12-7-9-13(10-8-12)20(18,19)17-15-6-4-5-14(15)16/h7-11,14-15,17H,3-6,16H2,1-2H3. The van der Waals surface area contributed by atoms with E-state index in [0.29, 0.717) is 10.8 Å². The summed E-state index contributed by atoms with van der Waals surface area (Å²) >= 11 is 0. The van der Waals surface area contributed by atoms with E-state index in [1.807, 2.05) is 12.1 Å². The highest BCUT2D eigenvalue weighted by atomic mass is 32.2. The molecule has 0 saturated heterocycles. The molecule has 112 valence electrons. The first-order chi connectivity index (χ1) is 9.44. The summed E-state index contributed by atoms with van der Waals surface area (Å²) in [6.07, 6.45) is 3.74. The minimum atomic E-state index is -3.46. The largest absolute Gasteiger partial charge is 0.326 e. The molecule has 1 aliphatic carbocycles. The number of nitrogens with one attached hydrogen (secondary N) is 1. The van der Waals surface area contributed by atoms with Crippen molar-refractivity contribution in [2.24, 2.45) is 5.73 Å². The van der Waals surface area contributed by atoms with Gasteiger partial charge in [0.1, 0.15) is 0 Å². The molecule has 0 amide bonds. The molecule has 3 N–H and O–H groups in total. The molecule has 1 aliphatic rings. The number of rotatable bonds is 5. The Bertz CT molecular complexity index is 539. The number of hydrogen-bond donors (Lipinski definition) is 2. The first kappa shape index (κ1) is 15.5. The maximum Gasteiger partial charge on any atom is 0.240 e. The van der Waals surface area contributed by atoms with Gasteiger partial charge in [0.25, 0.3) is 0 Å². The Morgan fingerprint density at radius 1 is 1.30 bits per heavy atom. The van der Waals surface area contributed by atoms with E-state index in [9.17, 15) is 8.42 Å². The van der Waals surface area contributed by atoms with E-state index in [-0.39, 0.29) is 12.1 Å². The van der Waals surface area contributed by atoms with Gasteiger partial charge in [0, 0.05) is 12.1 Å². The second-order valence-electron chi connectivity index (χ2n) is 5.70. The highest BCUT2D eigenvalue weighted by Crippen LogP contribution is 2.22. The van der Waals surface area contributed by atoms with Crippen LogP contribution in [0.3, 0.4) is 0 Å². The minimum absolute atomic E-state index is 0.0656. The Morgan fingerprint density at radius 3 is 2.45 bits per heavy atom.